The lowest BCUT2D eigenvalue weighted by Crippen LogP contribution is -1.92. The van der Waals surface area contributed by atoms with Crippen LogP contribution in [0.15, 0.2) is 12.3 Å². The number of hydrogen-bond acceptors (Lipinski definition) is 2. The van der Waals surface area contributed by atoms with Gasteiger partial charge in [-0.3, -0.25) is 0 Å². The molecule has 0 amide bonds. The van der Waals surface area contributed by atoms with Crippen LogP contribution in [0.4, 0.5) is 5.69 Å². The summed E-state index contributed by atoms with van der Waals surface area (Å²) in [5.74, 6) is 0. The summed E-state index contributed by atoms with van der Waals surface area (Å²) in [5.41, 5.74) is 6.30. The van der Waals surface area contributed by atoms with Gasteiger partial charge in [-0.2, -0.15) is 0 Å². The van der Waals surface area contributed by atoms with Crippen LogP contribution in [0.25, 0.3) is 0 Å². The lowest BCUT2D eigenvalue weighted by atomic mass is 10.4. The fraction of sp³-hybridized carbons (Fsp3) is 0. The van der Waals surface area contributed by atoms with E-state index in [0.717, 1.165) is 13.0 Å². The van der Waals surface area contributed by atoms with E-state index < -0.39 is 0 Å². The first-order valence-electron chi connectivity index (χ1n) is 2.26. The molecule has 0 aliphatic rings. The molecule has 0 radical (unpaired) electrons. The highest BCUT2D eigenvalue weighted by molar-refractivity contribution is 14.1. The van der Waals surface area contributed by atoms with Crippen molar-refractivity contribution in [1.82, 2.24) is 4.98 Å². The topological polar surface area (TPSA) is 38.9 Å². The lowest BCUT2D eigenvalue weighted by Gasteiger charge is -1.94. The van der Waals surface area contributed by atoms with Crippen molar-refractivity contribution in [2.75, 3.05) is 5.73 Å². The van der Waals surface area contributed by atoms with Crippen molar-refractivity contribution in [1.29, 1.82) is 0 Å². The zero-order chi connectivity index (χ0) is 6.85. The maximum Gasteiger partial charge on any atom is 0.124 e. The molecule has 0 fully saturated rings. The molecular weight excluding hydrogens is 342 g/mol. The third-order valence-corrected chi connectivity index (χ3v) is 2.32. The Labute approximate surface area is 80.5 Å². The molecule has 0 saturated heterocycles. The van der Waals surface area contributed by atoms with Gasteiger partial charge in [-0.05, 0) is 51.2 Å². The van der Waals surface area contributed by atoms with Crippen LogP contribution in [0.1, 0.15) is 0 Å². The van der Waals surface area contributed by atoms with E-state index in [2.05, 4.69) is 50.2 Å². The van der Waals surface area contributed by atoms with Crippen LogP contribution < -0.4 is 5.73 Å². The van der Waals surface area contributed by atoms with Crippen LogP contribution in [-0.4, -0.2) is 4.98 Å². The predicted molar refractivity (Wildman–Crippen MR) is 54.1 cm³/mol. The number of nitrogens with two attached hydrogens (primary N) is 1. The van der Waals surface area contributed by atoms with Gasteiger partial charge in [-0.15, -0.1) is 0 Å². The molecule has 0 aromatic carbocycles. The number of pyridine rings is 1. The number of rotatable bonds is 0. The Balaban J connectivity index is 3.17. The van der Waals surface area contributed by atoms with Gasteiger partial charge in [-0.1, -0.05) is 0 Å². The van der Waals surface area contributed by atoms with E-state index in [1.54, 1.807) is 6.20 Å². The Morgan fingerprint density at radius 1 is 1.44 bits per heavy atom. The first-order chi connectivity index (χ1) is 4.20. The second-order valence-corrected chi connectivity index (χ2v) is 3.80. The molecule has 2 N–H and O–H groups in total. The summed E-state index contributed by atoms with van der Waals surface area (Å²) in [6.45, 7) is 0. The summed E-state index contributed by atoms with van der Waals surface area (Å²) in [4.78, 5) is 4.03. The van der Waals surface area contributed by atoms with Crippen molar-refractivity contribution >= 4 is 50.9 Å². The summed E-state index contributed by atoms with van der Waals surface area (Å²) in [5, 5.41) is 0. The minimum Gasteiger partial charge on any atom is -0.397 e. The highest BCUT2D eigenvalue weighted by Crippen LogP contribution is 2.13. The van der Waals surface area contributed by atoms with E-state index in [9.17, 15) is 0 Å². The van der Waals surface area contributed by atoms with Crippen LogP contribution in [0.3, 0.4) is 0 Å². The first kappa shape index (κ1) is 7.52. The van der Waals surface area contributed by atoms with Crippen molar-refractivity contribution in [2.45, 2.75) is 0 Å². The van der Waals surface area contributed by atoms with Gasteiger partial charge >= 0.3 is 0 Å². The molecule has 1 heterocycles. The van der Waals surface area contributed by atoms with Crippen LogP contribution in [0, 0.1) is 7.27 Å². The number of halogens is 2. The van der Waals surface area contributed by atoms with Gasteiger partial charge in [-0.25, -0.2) is 4.98 Å². The van der Waals surface area contributed by atoms with E-state index >= 15 is 0 Å². The molecule has 48 valence electrons. The molecule has 1 aromatic rings. The van der Waals surface area contributed by atoms with Gasteiger partial charge in [0.2, 0.25) is 0 Å². The Kier molecular flexibility index (Phi) is 2.50. The van der Waals surface area contributed by atoms with Gasteiger partial charge in [0.05, 0.1) is 5.69 Å². The quantitative estimate of drug-likeness (QED) is 0.576. The van der Waals surface area contributed by atoms with Crippen molar-refractivity contribution in [2.24, 2.45) is 0 Å². The summed E-state index contributed by atoms with van der Waals surface area (Å²) in [6.07, 6.45) is 1.79. The molecular formula is C5H4I2N2. The van der Waals surface area contributed by atoms with E-state index in [1.165, 1.54) is 0 Å². The Hall–Kier alpha value is 0.410. The number of anilines is 1. The molecule has 0 aliphatic carbocycles. The number of nitrogen functional groups attached to an aromatic ring is 1. The Morgan fingerprint density at radius 3 is 2.56 bits per heavy atom. The molecule has 0 bridgehead atoms. The minimum atomic E-state index is 0.752. The van der Waals surface area contributed by atoms with E-state index in [0.29, 0.717) is 0 Å². The first-order valence-corrected chi connectivity index (χ1v) is 4.42. The molecule has 0 saturated carbocycles. The summed E-state index contributed by atoms with van der Waals surface area (Å²) < 4.78 is 1.94. The molecule has 4 heteroatoms. The zero-order valence-corrected chi connectivity index (χ0v) is 8.75. The maximum atomic E-state index is 5.55. The highest BCUT2D eigenvalue weighted by Gasteiger charge is 1.94. The monoisotopic (exact) mass is 346 g/mol. The SMILES string of the molecule is Nc1cc(I)cnc1I. The molecule has 1 rings (SSSR count). The number of nitrogens with zero attached hydrogens (tertiary/aromatic N) is 1. The predicted octanol–water partition coefficient (Wildman–Crippen LogP) is 1.87. The second-order valence-electron chi connectivity index (χ2n) is 1.53. The van der Waals surface area contributed by atoms with Gasteiger partial charge in [0, 0.05) is 9.77 Å². The lowest BCUT2D eigenvalue weighted by molar-refractivity contribution is 1.26. The summed E-state index contributed by atoms with van der Waals surface area (Å²) in [7, 11) is 0. The average Bonchev–Trinajstić information content (AvgIpc) is 1.80. The van der Waals surface area contributed by atoms with E-state index in [1.807, 2.05) is 6.07 Å². The number of hydrogen-bond donors (Lipinski definition) is 1. The third kappa shape index (κ3) is 1.92. The van der Waals surface area contributed by atoms with Crippen LogP contribution in [-0.2, 0) is 0 Å². The fourth-order valence-electron chi connectivity index (χ4n) is 0.438. The van der Waals surface area contributed by atoms with Gasteiger partial charge in [0.15, 0.2) is 0 Å². The standard InChI is InChI=1S/C5H4I2N2/c6-3-1-4(8)5(7)9-2-3/h1-2H,8H2. The second kappa shape index (κ2) is 3.00. The Bertz CT molecular complexity index is 224. The van der Waals surface area contributed by atoms with Crippen LogP contribution >= 0.6 is 45.2 Å². The molecule has 1 aromatic heterocycles. The molecule has 0 unspecified atom stereocenters. The highest BCUT2D eigenvalue weighted by atomic mass is 127. The maximum absolute atomic E-state index is 5.55. The minimum absolute atomic E-state index is 0.752. The molecule has 9 heavy (non-hydrogen) atoms. The fourth-order valence-corrected chi connectivity index (χ4v) is 1.21. The smallest absolute Gasteiger partial charge is 0.124 e. The summed E-state index contributed by atoms with van der Waals surface area (Å²) in [6, 6.07) is 1.90. The Morgan fingerprint density at radius 2 is 2.11 bits per heavy atom. The van der Waals surface area contributed by atoms with Crippen molar-refractivity contribution in [3.8, 4) is 0 Å². The van der Waals surface area contributed by atoms with Crippen molar-refractivity contribution < 1.29 is 0 Å². The normalized spacial score (nSPS) is 9.56. The van der Waals surface area contributed by atoms with Crippen molar-refractivity contribution in [3.63, 3.8) is 0 Å². The van der Waals surface area contributed by atoms with Crippen LogP contribution in [0.2, 0.25) is 0 Å². The van der Waals surface area contributed by atoms with Gasteiger partial charge in [0.25, 0.3) is 0 Å². The van der Waals surface area contributed by atoms with E-state index in [4.69, 9.17) is 5.73 Å². The zero-order valence-electron chi connectivity index (χ0n) is 4.44. The summed E-state index contributed by atoms with van der Waals surface area (Å²) >= 11 is 4.28. The van der Waals surface area contributed by atoms with Crippen LogP contribution in [0.5, 0.6) is 0 Å². The molecule has 0 atom stereocenters. The molecule has 0 aliphatic heterocycles. The molecule has 2 nitrogen and oxygen atoms in total. The molecule has 0 spiro atoms. The van der Waals surface area contributed by atoms with E-state index in [-0.39, 0.29) is 0 Å². The average molecular weight is 346 g/mol. The third-order valence-electron chi connectivity index (χ3n) is 0.833. The van der Waals surface area contributed by atoms with Crippen molar-refractivity contribution in [3.05, 3.63) is 19.5 Å². The van der Waals surface area contributed by atoms with Gasteiger partial charge in [0.1, 0.15) is 3.70 Å². The van der Waals surface area contributed by atoms with Gasteiger partial charge < -0.3 is 5.73 Å². The number of aromatic nitrogens is 1. The largest absolute Gasteiger partial charge is 0.397 e.